The van der Waals surface area contributed by atoms with Gasteiger partial charge in [0.05, 0.1) is 5.75 Å². The lowest BCUT2D eigenvalue weighted by Crippen LogP contribution is -2.46. The van der Waals surface area contributed by atoms with Gasteiger partial charge in [-0.15, -0.1) is 12.3 Å². The third-order valence-corrected chi connectivity index (χ3v) is 2.63. The van der Waals surface area contributed by atoms with Crippen molar-refractivity contribution in [2.24, 2.45) is 0 Å². The molecule has 0 saturated heterocycles. The topological polar surface area (TPSA) is 113 Å². The van der Waals surface area contributed by atoms with E-state index in [2.05, 4.69) is 16.6 Å². The van der Waals surface area contributed by atoms with E-state index in [9.17, 15) is 18.0 Å². The number of hydrogen-bond acceptors (Lipinski definition) is 4. The van der Waals surface area contributed by atoms with Gasteiger partial charge in [0.25, 0.3) is 0 Å². The van der Waals surface area contributed by atoms with Crippen molar-refractivity contribution in [2.45, 2.75) is 12.5 Å². The Morgan fingerprint density at radius 1 is 1.47 bits per heavy atom. The maximum absolute atomic E-state index is 11.2. The zero-order valence-corrected chi connectivity index (χ0v) is 10.1. The summed E-state index contributed by atoms with van der Waals surface area (Å²) in [7, 11) is -3.17. The van der Waals surface area contributed by atoms with Gasteiger partial charge in [0.15, 0.2) is 0 Å². The molecule has 7 nitrogen and oxygen atoms in total. The third kappa shape index (κ3) is 8.10. The number of carboxylic acid groups (broad SMARTS) is 1. The number of sulfone groups is 1. The van der Waals surface area contributed by atoms with E-state index in [0.717, 1.165) is 6.26 Å². The fourth-order valence-electron chi connectivity index (χ4n) is 0.877. The van der Waals surface area contributed by atoms with E-state index in [1.165, 1.54) is 0 Å². The SMILES string of the molecule is C#CCC(NC(=O)NCCS(C)(=O)=O)C(=O)O. The smallest absolute Gasteiger partial charge is 0.327 e. The summed E-state index contributed by atoms with van der Waals surface area (Å²) in [6.07, 6.45) is 5.82. The Labute approximate surface area is 99.5 Å². The molecular weight excluding hydrogens is 248 g/mol. The molecular formula is C9H14N2O5S. The molecule has 0 spiro atoms. The monoisotopic (exact) mass is 262 g/mol. The average Bonchev–Trinajstić information content (AvgIpc) is 2.14. The number of carbonyl (C=O) groups excluding carboxylic acids is 1. The molecule has 8 heteroatoms. The maximum atomic E-state index is 11.2. The van der Waals surface area contributed by atoms with Crippen LogP contribution in [0.2, 0.25) is 0 Å². The summed E-state index contributed by atoms with van der Waals surface area (Å²) in [6.45, 7) is -0.0902. The first-order chi connectivity index (χ1) is 7.76. The van der Waals surface area contributed by atoms with E-state index in [1.807, 2.05) is 0 Å². The lowest BCUT2D eigenvalue weighted by atomic mass is 10.2. The molecule has 17 heavy (non-hydrogen) atoms. The zero-order valence-electron chi connectivity index (χ0n) is 9.26. The molecule has 0 rings (SSSR count). The molecule has 2 amide bonds. The van der Waals surface area contributed by atoms with Crippen molar-refractivity contribution < 1.29 is 23.1 Å². The van der Waals surface area contributed by atoms with Gasteiger partial charge in [-0.05, 0) is 0 Å². The molecule has 1 unspecified atom stereocenters. The van der Waals surface area contributed by atoms with E-state index in [4.69, 9.17) is 11.5 Å². The number of carbonyl (C=O) groups is 2. The number of amides is 2. The molecule has 96 valence electrons. The van der Waals surface area contributed by atoms with Crippen LogP contribution in [-0.4, -0.2) is 50.1 Å². The molecule has 0 fully saturated rings. The number of hydrogen-bond donors (Lipinski definition) is 3. The standard InChI is InChI=1S/C9H14N2O5S/c1-3-4-7(8(12)13)11-9(14)10-5-6-17(2,15)16/h1,7H,4-6H2,2H3,(H,12,13)(H2,10,11,14). The summed E-state index contributed by atoms with van der Waals surface area (Å²) in [4.78, 5) is 21.8. The van der Waals surface area contributed by atoms with Crippen LogP contribution in [0.5, 0.6) is 0 Å². The highest BCUT2D eigenvalue weighted by Gasteiger charge is 2.18. The van der Waals surface area contributed by atoms with Crippen molar-refractivity contribution >= 4 is 21.8 Å². The minimum atomic E-state index is -3.17. The summed E-state index contributed by atoms with van der Waals surface area (Å²) in [5.41, 5.74) is 0. The number of carboxylic acids is 1. The van der Waals surface area contributed by atoms with E-state index in [0.29, 0.717) is 0 Å². The van der Waals surface area contributed by atoms with Gasteiger partial charge in [0.1, 0.15) is 15.9 Å². The number of rotatable bonds is 6. The Hall–Kier alpha value is -1.75. The molecule has 0 saturated carbocycles. The molecule has 0 radical (unpaired) electrons. The van der Waals surface area contributed by atoms with Crippen molar-refractivity contribution in [1.82, 2.24) is 10.6 Å². The fourth-order valence-corrected chi connectivity index (χ4v) is 1.35. The minimum absolute atomic E-state index is 0.0902. The fraction of sp³-hybridized carbons (Fsp3) is 0.556. The van der Waals surface area contributed by atoms with Crippen molar-refractivity contribution in [3.63, 3.8) is 0 Å². The van der Waals surface area contributed by atoms with Crippen LogP contribution in [0.4, 0.5) is 4.79 Å². The second-order valence-electron chi connectivity index (χ2n) is 3.33. The van der Waals surface area contributed by atoms with Gasteiger partial charge in [0.2, 0.25) is 0 Å². The summed E-state index contributed by atoms with van der Waals surface area (Å²) >= 11 is 0. The highest BCUT2D eigenvalue weighted by molar-refractivity contribution is 7.90. The van der Waals surface area contributed by atoms with Crippen LogP contribution < -0.4 is 10.6 Å². The van der Waals surface area contributed by atoms with Gasteiger partial charge < -0.3 is 15.7 Å². The van der Waals surface area contributed by atoms with Gasteiger partial charge >= 0.3 is 12.0 Å². The predicted molar refractivity (Wildman–Crippen MR) is 61.1 cm³/mol. The first-order valence-corrected chi connectivity index (χ1v) is 6.70. The maximum Gasteiger partial charge on any atom is 0.327 e. The molecule has 0 bridgehead atoms. The molecule has 0 aliphatic heterocycles. The quantitative estimate of drug-likeness (QED) is 0.521. The minimum Gasteiger partial charge on any atom is -0.480 e. The highest BCUT2D eigenvalue weighted by atomic mass is 32.2. The summed E-state index contributed by atoms with van der Waals surface area (Å²) < 4.78 is 21.5. The van der Waals surface area contributed by atoms with E-state index in [-0.39, 0.29) is 18.7 Å². The Morgan fingerprint density at radius 3 is 2.47 bits per heavy atom. The van der Waals surface area contributed by atoms with Crippen molar-refractivity contribution in [3.8, 4) is 12.3 Å². The van der Waals surface area contributed by atoms with E-state index >= 15 is 0 Å². The first-order valence-electron chi connectivity index (χ1n) is 4.64. The van der Waals surface area contributed by atoms with Crippen molar-refractivity contribution in [2.75, 3.05) is 18.6 Å². The number of terminal acetylenes is 1. The van der Waals surface area contributed by atoms with Gasteiger partial charge in [-0.25, -0.2) is 18.0 Å². The zero-order chi connectivity index (χ0) is 13.5. The average molecular weight is 262 g/mol. The molecule has 3 N–H and O–H groups in total. The van der Waals surface area contributed by atoms with Crippen LogP contribution in [0.15, 0.2) is 0 Å². The van der Waals surface area contributed by atoms with Crippen LogP contribution >= 0.6 is 0 Å². The van der Waals surface area contributed by atoms with Crippen LogP contribution in [0, 0.1) is 12.3 Å². The largest absolute Gasteiger partial charge is 0.480 e. The molecule has 1 atom stereocenters. The molecule has 0 aromatic rings. The van der Waals surface area contributed by atoms with Crippen molar-refractivity contribution in [1.29, 1.82) is 0 Å². The Morgan fingerprint density at radius 2 is 2.06 bits per heavy atom. The van der Waals surface area contributed by atoms with Crippen LogP contribution in [0.25, 0.3) is 0 Å². The number of aliphatic carboxylic acids is 1. The number of urea groups is 1. The molecule has 0 aromatic carbocycles. The molecule has 0 aliphatic rings. The summed E-state index contributed by atoms with van der Waals surface area (Å²) in [5.74, 6) is 0.652. The molecule has 0 aliphatic carbocycles. The van der Waals surface area contributed by atoms with Crippen LogP contribution in [-0.2, 0) is 14.6 Å². The lowest BCUT2D eigenvalue weighted by molar-refractivity contribution is -0.139. The van der Waals surface area contributed by atoms with Gasteiger partial charge in [0, 0.05) is 19.2 Å². The Balaban J connectivity index is 4.08. The van der Waals surface area contributed by atoms with Gasteiger partial charge in [-0.2, -0.15) is 0 Å². The highest BCUT2D eigenvalue weighted by Crippen LogP contribution is 1.90. The first kappa shape index (κ1) is 15.2. The molecule has 0 aromatic heterocycles. The van der Waals surface area contributed by atoms with Gasteiger partial charge in [-0.3, -0.25) is 0 Å². The second kappa shape index (κ2) is 6.75. The third-order valence-electron chi connectivity index (χ3n) is 1.68. The predicted octanol–water partition coefficient (Wildman–Crippen LogP) is -1.19. The van der Waals surface area contributed by atoms with Crippen molar-refractivity contribution in [3.05, 3.63) is 0 Å². The van der Waals surface area contributed by atoms with Gasteiger partial charge in [-0.1, -0.05) is 0 Å². The number of nitrogens with one attached hydrogen (secondary N) is 2. The van der Waals surface area contributed by atoms with E-state index in [1.54, 1.807) is 0 Å². The Kier molecular flexibility index (Phi) is 6.06. The summed E-state index contributed by atoms with van der Waals surface area (Å²) in [5, 5.41) is 13.0. The van der Waals surface area contributed by atoms with Crippen LogP contribution in [0.3, 0.4) is 0 Å². The Bertz CT molecular complexity index is 423. The lowest BCUT2D eigenvalue weighted by Gasteiger charge is -2.12. The second-order valence-corrected chi connectivity index (χ2v) is 5.59. The summed E-state index contributed by atoms with van der Waals surface area (Å²) in [6, 6.07) is -1.95. The molecule has 0 heterocycles. The van der Waals surface area contributed by atoms with Crippen LogP contribution in [0.1, 0.15) is 6.42 Å². The van der Waals surface area contributed by atoms with E-state index < -0.39 is 27.9 Å². The normalized spacial score (nSPS) is 12.2.